The number of nitrogens with zero attached hydrogens (tertiary/aromatic N) is 1. The molecule has 0 saturated carbocycles. The third kappa shape index (κ3) is 2.80. The van der Waals surface area contributed by atoms with E-state index in [1.807, 2.05) is 0 Å². The predicted octanol–water partition coefficient (Wildman–Crippen LogP) is 3.60. The topological polar surface area (TPSA) is 38.9 Å². The lowest BCUT2D eigenvalue weighted by atomic mass is 9.96. The maximum Gasteiger partial charge on any atom is 0.419 e. The van der Waals surface area contributed by atoms with E-state index in [-0.39, 0.29) is 5.56 Å². The van der Waals surface area contributed by atoms with Crippen LogP contribution in [0.25, 0.3) is 0 Å². The zero-order valence-corrected chi connectivity index (χ0v) is 10.6. The molecule has 0 radical (unpaired) electrons. The van der Waals surface area contributed by atoms with Crippen molar-refractivity contribution in [2.45, 2.75) is 19.1 Å². The molecule has 106 valence electrons. The zero-order valence-electron chi connectivity index (χ0n) is 10.6. The lowest BCUT2D eigenvalue weighted by Crippen LogP contribution is -2.15. The Hall–Kier alpha value is -1.95. The quantitative estimate of drug-likeness (QED) is 0.856. The van der Waals surface area contributed by atoms with Crippen LogP contribution in [0.1, 0.15) is 28.3 Å². The van der Waals surface area contributed by atoms with Gasteiger partial charge >= 0.3 is 6.18 Å². The molecule has 1 aromatic carbocycles. The Balaban J connectivity index is 2.40. The number of halogens is 4. The third-order valence-corrected chi connectivity index (χ3v) is 3.06. The number of aromatic nitrogens is 1. The monoisotopic (exact) mass is 284 g/mol. The van der Waals surface area contributed by atoms with E-state index < -0.39 is 23.6 Å². The number of alkyl halides is 3. The lowest BCUT2D eigenvalue weighted by Gasteiger charge is -2.16. The number of benzene rings is 1. The van der Waals surface area contributed by atoms with Crippen molar-refractivity contribution in [1.82, 2.24) is 4.98 Å². The molecule has 2 nitrogen and oxygen atoms in total. The first-order chi connectivity index (χ1) is 9.30. The summed E-state index contributed by atoms with van der Waals surface area (Å²) in [7, 11) is 0. The van der Waals surface area contributed by atoms with Crippen LogP contribution in [-0.4, -0.2) is 4.98 Å². The van der Waals surface area contributed by atoms with Gasteiger partial charge in [0.2, 0.25) is 0 Å². The first-order valence-electron chi connectivity index (χ1n) is 5.83. The molecule has 0 saturated heterocycles. The van der Waals surface area contributed by atoms with Gasteiger partial charge in [-0.2, -0.15) is 13.2 Å². The van der Waals surface area contributed by atoms with Crippen LogP contribution in [0.15, 0.2) is 36.7 Å². The first-order valence-corrected chi connectivity index (χ1v) is 5.83. The van der Waals surface area contributed by atoms with Gasteiger partial charge in [-0.3, -0.25) is 4.98 Å². The Bertz CT molecular complexity index is 623. The predicted molar refractivity (Wildman–Crippen MR) is 66.4 cm³/mol. The molecule has 0 fully saturated rings. The van der Waals surface area contributed by atoms with Crippen molar-refractivity contribution in [2.75, 3.05) is 0 Å². The fourth-order valence-electron chi connectivity index (χ4n) is 1.97. The second-order valence-electron chi connectivity index (χ2n) is 4.45. The van der Waals surface area contributed by atoms with Crippen molar-refractivity contribution < 1.29 is 17.6 Å². The first kappa shape index (κ1) is 14.5. The van der Waals surface area contributed by atoms with Crippen molar-refractivity contribution in [3.05, 3.63) is 64.7 Å². The van der Waals surface area contributed by atoms with E-state index in [0.29, 0.717) is 11.6 Å². The molecule has 1 unspecified atom stereocenters. The van der Waals surface area contributed by atoms with Crippen LogP contribution < -0.4 is 5.73 Å². The van der Waals surface area contributed by atoms with Crippen molar-refractivity contribution in [1.29, 1.82) is 0 Å². The van der Waals surface area contributed by atoms with Gasteiger partial charge in [0.25, 0.3) is 0 Å². The normalized spacial score (nSPS) is 13.3. The Labute approximate surface area is 113 Å². The van der Waals surface area contributed by atoms with Crippen LogP contribution >= 0.6 is 0 Å². The molecule has 2 N–H and O–H groups in total. The highest BCUT2D eigenvalue weighted by molar-refractivity contribution is 5.37. The van der Waals surface area contributed by atoms with E-state index >= 15 is 0 Å². The molecule has 0 spiro atoms. The molecule has 0 aliphatic heterocycles. The molecule has 1 atom stereocenters. The SMILES string of the molecule is Cc1cnccc1C(N)c1ccc(C(F)(F)F)c(F)c1. The summed E-state index contributed by atoms with van der Waals surface area (Å²) in [5.41, 5.74) is 6.45. The average Bonchev–Trinajstić information content (AvgIpc) is 2.37. The summed E-state index contributed by atoms with van der Waals surface area (Å²) in [5.74, 6) is -1.32. The third-order valence-electron chi connectivity index (χ3n) is 3.06. The fourth-order valence-corrected chi connectivity index (χ4v) is 1.97. The van der Waals surface area contributed by atoms with Gasteiger partial charge in [0.15, 0.2) is 0 Å². The van der Waals surface area contributed by atoms with Gasteiger partial charge in [-0.25, -0.2) is 4.39 Å². The molecule has 1 aromatic heterocycles. The number of hydrogen-bond donors (Lipinski definition) is 1. The van der Waals surface area contributed by atoms with E-state index in [0.717, 1.165) is 11.6 Å². The molecule has 2 aromatic rings. The average molecular weight is 284 g/mol. The molecule has 20 heavy (non-hydrogen) atoms. The fraction of sp³-hybridized carbons (Fsp3) is 0.214. The molecule has 0 aliphatic rings. The molecular formula is C14H12F4N2. The standard InChI is InChI=1S/C14H12F4N2/c1-8-7-20-5-4-10(8)13(19)9-2-3-11(12(15)6-9)14(16,17)18/h2-7,13H,19H2,1H3. The Morgan fingerprint density at radius 2 is 1.90 bits per heavy atom. The van der Waals surface area contributed by atoms with Gasteiger partial charge in [-0.15, -0.1) is 0 Å². The van der Waals surface area contributed by atoms with Crippen LogP contribution in [0.5, 0.6) is 0 Å². The molecule has 6 heteroatoms. The van der Waals surface area contributed by atoms with Gasteiger partial charge in [0.05, 0.1) is 11.6 Å². The van der Waals surface area contributed by atoms with Crippen LogP contribution in [0.4, 0.5) is 17.6 Å². The number of nitrogens with two attached hydrogens (primary N) is 1. The largest absolute Gasteiger partial charge is 0.419 e. The summed E-state index contributed by atoms with van der Waals surface area (Å²) in [6.45, 7) is 1.78. The molecule has 0 bridgehead atoms. The van der Waals surface area contributed by atoms with Gasteiger partial charge in [0, 0.05) is 12.4 Å². The molecular weight excluding hydrogens is 272 g/mol. The zero-order chi connectivity index (χ0) is 14.9. The highest BCUT2D eigenvalue weighted by Crippen LogP contribution is 2.33. The number of aryl methyl sites for hydroxylation is 1. The number of pyridine rings is 1. The molecule has 0 aliphatic carbocycles. The van der Waals surface area contributed by atoms with Gasteiger partial charge in [-0.05, 0) is 41.8 Å². The lowest BCUT2D eigenvalue weighted by molar-refractivity contribution is -0.140. The maximum absolute atomic E-state index is 13.5. The van der Waals surface area contributed by atoms with Gasteiger partial charge < -0.3 is 5.73 Å². The molecule has 0 amide bonds. The Morgan fingerprint density at radius 3 is 2.45 bits per heavy atom. The maximum atomic E-state index is 13.5. The van der Waals surface area contributed by atoms with Gasteiger partial charge in [-0.1, -0.05) is 6.07 Å². The van der Waals surface area contributed by atoms with Crippen LogP contribution in [-0.2, 0) is 6.18 Å². The minimum atomic E-state index is -4.71. The van der Waals surface area contributed by atoms with Gasteiger partial charge in [0.1, 0.15) is 5.82 Å². The minimum absolute atomic E-state index is 0.282. The number of hydrogen-bond acceptors (Lipinski definition) is 2. The van der Waals surface area contributed by atoms with Crippen LogP contribution in [0.3, 0.4) is 0 Å². The smallest absolute Gasteiger partial charge is 0.320 e. The molecule has 2 rings (SSSR count). The summed E-state index contributed by atoms with van der Waals surface area (Å²) in [5, 5.41) is 0. The van der Waals surface area contributed by atoms with Crippen molar-refractivity contribution >= 4 is 0 Å². The van der Waals surface area contributed by atoms with Crippen molar-refractivity contribution in [3.8, 4) is 0 Å². The highest BCUT2D eigenvalue weighted by Gasteiger charge is 2.34. The second kappa shape index (κ2) is 5.20. The Kier molecular flexibility index (Phi) is 3.76. The van der Waals surface area contributed by atoms with Crippen molar-refractivity contribution in [3.63, 3.8) is 0 Å². The summed E-state index contributed by atoms with van der Waals surface area (Å²) in [4.78, 5) is 3.91. The highest BCUT2D eigenvalue weighted by atomic mass is 19.4. The minimum Gasteiger partial charge on any atom is -0.320 e. The summed E-state index contributed by atoms with van der Waals surface area (Å²) < 4.78 is 51.0. The summed E-state index contributed by atoms with van der Waals surface area (Å²) >= 11 is 0. The number of rotatable bonds is 2. The van der Waals surface area contributed by atoms with E-state index in [4.69, 9.17) is 5.73 Å². The van der Waals surface area contributed by atoms with Crippen molar-refractivity contribution in [2.24, 2.45) is 5.73 Å². The second-order valence-corrected chi connectivity index (χ2v) is 4.45. The molecule has 1 heterocycles. The van der Waals surface area contributed by atoms with E-state index in [1.54, 1.807) is 19.2 Å². The summed E-state index contributed by atoms with van der Waals surface area (Å²) in [6, 6.07) is 3.69. The van der Waals surface area contributed by atoms with Crippen LogP contribution in [0, 0.1) is 12.7 Å². The van der Waals surface area contributed by atoms with E-state index in [1.165, 1.54) is 12.3 Å². The Morgan fingerprint density at radius 1 is 1.20 bits per heavy atom. The van der Waals surface area contributed by atoms with Crippen LogP contribution in [0.2, 0.25) is 0 Å². The summed E-state index contributed by atoms with van der Waals surface area (Å²) in [6.07, 6.45) is -1.59. The van der Waals surface area contributed by atoms with E-state index in [9.17, 15) is 17.6 Å². The van der Waals surface area contributed by atoms with E-state index in [2.05, 4.69) is 4.98 Å².